The highest BCUT2D eigenvalue weighted by Gasteiger charge is 1.99. The molecule has 0 aliphatic heterocycles. The highest BCUT2D eigenvalue weighted by atomic mass is 35.5. The summed E-state index contributed by atoms with van der Waals surface area (Å²) < 4.78 is 0. The topological polar surface area (TPSA) is 48.1 Å². The van der Waals surface area contributed by atoms with Crippen LogP contribution in [0.15, 0.2) is 24.3 Å². The minimum Gasteiger partial charge on any atom is -0.261 e. The van der Waals surface area contributed by atoms with Crippen molar-refractivity contribution >= 4 is 12.4 Å². The number of hydrogen-bond donors (Lipinski definition) is 4. The summed E-state index contributed by atoms with van der Waals surface area (Å²) in [4.78, 5) is 0. The molecule has 15 heavy (non-hydrogen) atoms. The minimum atomic E-state index is 0. The summed E-state index contributed by atoms with van der Waals surface area (Å²) in [5, 5.41) is 0. The Kier molecular flexibility index (Phi) is 8.27. The molecule has 0 spiro atoms. The quantitative estimate of drug-likeness (QED) is 0.540. The summed E-state index contributed by atoms with van der Waals surface area (Å²) in [6, 6.07) is 8.35. The molecule has 0 atom stereocenters. The molecule has 0 aliphatic carbocycles. The predicted octanol–water partition coefficient (Wildman–Crippen LogP) is 0.556. The molecule has 0 saturated carbocycles. The van der Waals surface area contributed by atoms with Crippen LogP contribution in [0.2, 0.25) is 0 Å². The molecule has 0 fully saturated rings. The van der Waals surface area contributed by atoms with E-state index >= 15 is 0 Å². The lowest BCUT2D eigenvalue weighted by molar-refractivity contribution is 0.572. The van der Waals surface area contributed by atoms with Crippen LogP contribution in [0.3, 0.4) is 0 Å². The maximum Gasteiger partial charge on any atom is 0.0354 e. The molecular formula is C10H19ClN4. The van der Waals surface area contributed by atoms with E-state index in [0.29, 0.717) is 0 Å². The van der Waals surface area contributed by atoms with E-state index < -0.39 is 0 Å². The zero-order valence-corrected chi connectivity index (χ0v) is 9.95. The van der Waals surface area contributed by atoms with Gasteiger partial charge in [0.15, 0.2) is 0 Å². The summed E-state index contributed by atoms with van der Waals surface area (Å²) in [5.41, 5.74) is 14.6. The maximum absolute atomic E-state index is 3.08. The van der Waals surface area contributed by atoms with E-state index in [1.165, 1.54) is 11.1 Å². The van der Waals surface area contributed by atoms with Crippen molar-refractivity contribution in [3.63, 3.8) is 0 Å². The second-order valence-corrected chi connectivity index (χ2v) is 2.98. The molecule has 0 saturated heterocycles. The van der Waals surface area contributed by atoms with E-state index in [2.05, 4.69) is 46.0 Å². The molecule has 4 nitrogen and oxygen atoms in total. The van der Waals surface area contributed by atoms with Gasteiger partial charge in [-0.3, -0.25) is 21.7 Å². The van der Waals surface area contributed by atoms with Gasteiger partial charge in [-0.1, -0.05) is 24.3 Å². The van der Waals surface area contributed by atoms with E-state index in [1.54, 1.807) is 0 Å². The molecule has 1 aromatic carbocycles. The van der Waals surface area contributed by atoms with Gasteiger partial charge in [0.2, 0.25) is 0 Å². The Morgan fingerprint density at radius 1 is 0.867 bits per heavy atom. The SMILES string of the molecule is CNNCc1ccccc1CNNC.Cl. The summed E-state index contributed by atoms with van der Waals surface area (Å²) >= 11 is 0. The van der Waals surface area contributed by atoms with Crippen molar-refractivity contribution in [2.24, 2.45) is 0 Å². The van der Waals surface area contributed by atoms with Crippen molar-refractivity contribution in [1.82, 2.24) is 21.7 Å². The first-order valence-corrected chi connectivity index (χ1v) is 4.74. The van der Waals surface area contributed by atoms with Gasteiger partial charge >= 0.3 is 0 Å². The van der Waals surface area contributed by atoms with E-state index in [9.17, 15) is 0 Å². The van der Waals surface area contributed by atoms with E-state index in [0.717, 1.165) is 13.1 Å². The summed E-state index contributed by atoms with van der Waals surface area (Å²) in [6.07, 6.45) is 0. The fourth-order valence-electron chi connectivity index (χ4n) is 1.27. The highest BCUT2D eigenvalue weighted by Crippen LogP contribution is 2.07. The lowest BCUT2D eigenvalue weighted by atomic mass is 10.1. The minimum absolute atomic E-state index is 0. The Bertz CT molecular complexity index is 240. The first-order chi connectivity index (χ1) is 6.88. The number of halogens is 1. The van der Waals surface area contributed by atoms with Crippen molar-refractivity contribution in [3.05, 3.63) is 35.4 Å². The van der Waals surface area contributed by atoms with Crippen molar-refractivity contribution in [2.75, 3.05) is 14.1 Å². The second kappa shape index (κ2) is 8.64. The number of hydrazine groups is 2. The van der Waals surface area contributed by atoms with Gasteiger partial charge in [-0.15, -0.1) is 12.4 Å². The predicted molar refractivity (Wildman–Crippen MR) is 65.5 cm³/mol. The molecule has 0 aromatic heterocycles. The summed E-state index contributed by atoms with van der Waals surface area (Å²) in [6.45, 7) is 1.66. The van der Waals surface area contributed by atoms with Crippen LogP contribution in [0.25, 0.3) is 0 Å². The molecule has 0 radical (unpaired) electrons. The average molecular weight is 231 g/mol. The van der Waals surface area contributed by atoms with Crippen molar-refractivity contribution in [1.29, 1.82) is 0 Å². The van der Waals surface area contributed by atoms with Crippen LogP contribution >= 0.6 is 12.4 Å². The van der Waals surface area contributed by atoms with Crippen LogP contribution in [-0.2, 0) is 13.1 Å². The Morgan fingerprint density at radius 3 is 1.60 bits per heavy atom. The summed E-state index contributed by atoms with van der Waals surface area (Å²) in [5.74, 6) is 0. The standard InChI is InChI=1S/C10H18N4.ClH/c1-11-13-7-9-5-3-4-6-10(9)8-14-12-2;/h3-6,11-14H,7-8H2,1-2H3;1H. The lowest BCUT2D eigenvalue weighted by Gasteiger charge is -2.10. The van der Waals surface area contributed by atoms with E-state index in [4.69, 9.17) is 0 Å². The molecule has 1 aromatic rings. The van der Waals surface area contributed by atoms with Crippen molar-refractivity contribution in [3.8, 4) is 0 Å². The molecule has 86 valence electrons. The fourth-order valence-corrected chi connectivity index (χ4v) is 1.27. The van der Waals surface area contributed by atoms with E-state index in [1.807, 2.05) is 14.1 Å². The number of nitrogens with one attached hydrogen (secondary N) is 4. The number of hydrogen-bond acceptors (Lipinski definition) is 4. The fraction of sp³-hybridized carbons (Fsp3) is 0.400. The van der Waals surface area contributed by atoms with Gasteiger partial charge in [-0.25, -0.2) is 0 Å². The molecular weight excluding hydrogens is 212 g/mol. The smallest absolute Gasteiger partial charge is 0.0354 e. The molecule has 0 bridgehead atoms. The van der Waals surface area contributed by atoms with Crippen LogP contribution in [0, 0.1) is 0 Å². The van der Waals surface area contributed by atoms with Crippen LogP contribution < -0.4 is 21.7 Å². The average Bonchev–Trinajstić information content (AvgIpc) is 2.24. The Balaban J connectivity index is 0.00000196. The Hall–Kier alpha value is -0.650. The third kappa shape index (κ3) is 5.11. The molecule has 0 unspecified atom stereocenters. The lowest BCUT2D eigenvalue weighted by Crippen LogP contribution is -2.29. The molecule has 5 heteroatoms. The molecule has 0 heterocycles. The van der Waals surface area contributed by atoms with Crippen molar-refractivity contribution < 1.29 is 0 Å². The maximum atomic E-state index is 3.08. The van der Waals surface area contributed by atoms with Crippen LogP contribution in [0.1, 0.15) is 11.1 Å². The third-order valence-corrected chi connectivity index (χ3v) is 2.03. The van der Waals surface area contributed by atoms with Gasteiger partial charge in [0, 0.05) is 13.1 Å². The number of benzene rings is 1. The molecule has 4 N–H and O–H groups in total. The van der Waals surface area contributed by atoms with E-state index in [-0.39, 0.29) is 12.4 Å². The van der Waals surface area contributed by atoms with Crippen molar-refractivity contribution in [2.45, 2.75) is 13.1 Å². The highest BCUT2D eigenvalue weighted by molar-refractivity contribution is 5.85. The molecule has 1 rings (SSSR count). The van der Waals surface area contributed by atoms with Gasteiger partial charge in [0.1, 0.15) is 0 Å². The second-order valence-electron chi connectivity index (χ2n) is 2.98. The Morgan fingerprint density at radius 2 is 1.27 bits per heavy atom. The van der Waals surface area contributed by atoms with Crippen LogP contribution in [0.5, 0.6) is 0 Å². The monoisotopic (exact) mass is 230 g/mol. The van der Waals surface area contributed by atoms with Crippen LogP contribution in [-0.4, -0.2) is 14.1 Å². The van der Waals surface area contributed by atoms with Crippen LogP contribution in [0.4, 0.5) is 0 Å². The largest absolute Gasteiger partial charge is 0.261 e. The van der Waals surface area contributed by atoms with Gasteiger partial charge in [0.05, 0.1) is 0 Å². The Labute approximate surface area is 97.2 Å². The zero-order valence-electron chi connectivity index (χ0n) is 9.13. The molecule has 0 aliphatic rings. The zero-order chi connectivity index (χ0) is 10.2. The normalized spacial score (nSPS) is 9.73. The van der Waals surface area contributed by atoms with Gasteiger partial charge in [-0.2, -0.15) is 0 Å². The number of rotatable bonds is 6. The first-order valence-electron chi connectivity index (χ1n) is 4.74. The first kappa shape index (κ1) is 14.3. The van der Waals surface area contributed by atoms with Gasteiger partial charge in [-0.05, 0) is 25.2 Å². The molecule has 0 amide bonds. The summed E-state index contributed by atoms with van der Waals surface area (Å²) in [7, 11) is 3.74. The van der Waals surface area contributed by atoms with Gasteiger partial charge < -0.3 is 0 Å². The third-order valence-electron chi connectivity index (χ3n) is 2.03. The van der Waals surface area contributed by atoms with Gasteiger partial charge in [0.25, 0.3) is 0 Å².